The molecule has 1 aromatic carbocycles. The van der Waals surface area contributed by atoms with E-state index in [-0.39, 0.29) is 11.5 Å². The second kappa shape index (κ2) is 4.51. The number of nitrogens with zero attached hydrogens (tertiary/aromatic N) is 1. The van der Waals surface area contributed by atoms with Gasteiger partial charge in [-0.3, -0.25) is 4.98 Å². The van der Waals surface area contributed by atoms with E-state index in [1.54, 1.807) is 31.3 Å². The van der Waals surface area contributed by atoms with Crippen molar-refractivity contribution in [3.8, 4) is 11.5 Å². The number of hydrogen-bond donors (Lipinski definition) is 2. The lowest BCUT2D eigenvalue weighted by Crippen LogP contribution is -2.01. The van der Waals surface area contributed by atoms with E-state index in [1.165, 1.54) is 0 Å². The van der Waals surface area contributed by atoms with E-state index in [4.69, 9.17) is 4.74 Å². The summed E-state index contributed by atoms with van der Waals surface area (Å²) in [5, 5.41) is 20.2. The zero-order chi connectivity index (χ0) is 13.6. The Morgan fingerprint density at radius 1 is 1.37 bits per heavy atom. The molecule has 0 radical (unpaired) electrons. The van der Waals surface area contributed by atoms with Crippen molar-refractivity contribution in [3.05, 3.63) is 51.3 Å². The number of hydrogen-bond acceptors (Lipinski definition) is 4. The van der Waals surface area contributed by atoms with Gasteiger partial charge in [0, 0.05) is 27.4 Å². The highest BCUT2D eigenvalue weighted by Crippen LogP contribution is 2.44. The highest BCUT2D eigenvalue weighted by Gasteiger charge is 2.31. The lowest BCUT2D eigenvalue weighted by atomic mass is 9.98. The molecule has 1 unspecified atom stereocenters. The molecule has 0 fully saturated rings. The Bertz CT molecular complexity index is 657. The van der Waals surface area contributed by atoms with E-state index < -0.39 is 6.10 Å². The van der Waals surface area contributed by atoms with Crippen LogP contribution < -0.4 is 0 Å². The van der Waals surface area contributed by atoms with Crippen LogP contribution in [0.3, 0.4) is 0 Å². The maximum atomic E-state index is 10.2. The van der Waals surface area contributed by atoms with Crippen LogP contribution in [0.2, 0.25) is 0 Å². The van der Waals surface area contributed by atoms with Crippen LogP contribution in [0.5, 0.6) is 11.5 Å². The molecule has 19 heavy (non-hydrogen) atoms. The fourth-order valence-corrected chi connectivity index (χ4v) is 2.68. The first kappa shape index (κ1) is 12.4. The first-order valence-electron chi connectivity index (χ1n) is 5.85. The van der Waals surface area contributed by atoms with Crippen LogP contribution in [0.15, 0.2) is 28.9 Å². The van der Waals surface area contributed by atoms with E-state index in [9.17, 15) is 10.2 Å². The van der Waals surface area contributed by atoms with Gasteiger partial charge in [0.05, 0.1) is 12.3 Å². The predicted octanol–water partition coefficient (Wildman–Crippen LogP) is 3.18. The van der Waals surface area contributed by atoms with E-state index in [0.29, 0.717) is 23.4 Å². The molecule has 0 bridgehead atoms. The number of aromatic nitrogens is 1. The molecule has 2 N–H and O–H groups in total. The summed E-state index contributed by atoms with van der Waals surface area (Å²) >= 11 is 3.37. The summed E-state index contributed by atoms with van der Waals surface area (Å²) in [4.78, 5) is 4.12. The minimum atomic E-state index is -0.464. The average Bonchev–Trinajstić information content (AvgIpc) is 2.81. The third kappa shape index (κ3) is 1.99. The highest BCUT2D eigenvalue weighted by atomic mass is 79.9. The van der Waals surface area contributed by atoms with Gasteiger partial charge in [-0.1, -0.05) is 15.9 Å². The van der Waals surface area contributed by atoms with Crippen LogP contribution in [0, 0.1) is 6.92 Å². The van der Waals surface area contributed by atoms with Gasteiger partial charge in [-0.2, -0.15) is 0 Å². The molecule has 2 aromatic rings. The van der Waals surface area contributed by atoms with E-state index in [0.717, 1.165) is 10.0 Å². The van der Waals surface area contributed by atoms with Gasteiger partial charge >= 0.3 is 0 Å². The van der Waals surface area contributed by atoms with Gasteiger partial charge in [-0.05, 0) is 25.1 Å². The van der Waals surface area contributed by atoms with Crippen LogP contribution in [0.25, 0.3) is 0 Å². The molecule has 0 spiro atoms. The van der Waals surface area contributed by atoms with Crippen molar-refractivity contribution in [3.63, 3.8) is 0 Å². The van der Waals surface area contributed by atoms with Crippen molar-refractivity contribution in [1.82, 2.24) is 4.98 Å². The van der Waals surface area contributed by atoms with Crippen molar-refractivity contribution < 1.29 is 14.9 Å². The third-order valence-corrected chi connectivity index (χ3v) is 3.79. The molecule has 0 aliphatic carbocycles. The zero-order valence-corrected chi connectivity index (χ0v) is 11.8. The molecule has 0 saturated carbocycles. The minimum absolute atomic E-state index is 0.138. The number of phenols is 1. The summed E-state index contributed by atoms with van der Waals surface area (Å²) in [5.74, 6) is 0.286. The Hall–Kier alpha value is -1.59. The summed E-state index contributed by atoms with van der Waals surface area (Å²) in [6, 6.07) is 5.16. The quantitative estimate of drug-likeness (QED) is 0.846. The van der Waals surface area contributed by atoms with Gasteiger partial charge in [0.2, 0.25) is 0 Å². The molecule has 3 rings (SSSR count). The van der Waals surface area contributed by atoms with Gasteiger partial charge in [0.25, 0.3) is 0 Å². The van der Waals surface area contributed by atoms with Gasteiger partial charge in [0.1, 0.15) is 17.6 Å². The van der Waals surface area contributed by atoms with Crippen LogP contribution in [-0.2, 0) is 11.3 Å². The third-order valence-electron chi connectivity index (χ3n) is 3.30. The maximum Gasteiger partial charge on any atom is 0.143 e. The van der Waals surface area contributed by atoms with Gasteiger partial charge < -0.3 is 14.9 Å². The molecule has 0 amide bonds. The topological polar surface area (TPSA) is 62.6 Å². The number of pyridine rings is 1. The van der Waals surface area contributed by atoms with Crippen molar-refractivity contribution in [2.45, 2.75) is 19.6 Å². The van der Waals surface area contributed by atoms with E-state index in [2.05, 4.69) is 20.9 Å². The molecule has 1 atom stereocenters. The molecule has 0 saturated heterocycles. The summed E-state index contributed by atoms with van der Waals surface area (Å²) in [5.41, 5.74) is 2.74. The fraction of sp³-hybridized carbons (Fsp3) is 0.214. The number of phenolic OH excluding ortho intramolecular Hbond substituents is 1. The Morgan fingerprint density at radius 2 is 2.16 bits per heavy atom. The number of rotatable bonds is 1. The van der Waals surface area contributed by atoms with Crippen LogP contribution in [0.4, 0.5) is 0 Å². The Morgan fingerprint density at radius 3 is 2.95 bits per heavy atom. The molecule has 1 aliphatic rings. The first-order valence-corrected chi connectivity index (χ1v) is 6.64. The molecular weight excluding hydrogens is 310 g/mol. The molecule has 5 heteroatoms. The summed E-state index contributed by atoms with van der Waals surface area (Å²) in [6.45, 7) is 2.12. The largest absolute Gasteiger partial charge is 0.508 e. The molecule has 2 heterocycles. The van der Waals surface area contributed by atoms with Crippen molar-refractivity contribution in [2.75, 3.05) is 0 Å². The van der Waals surface area contributed by atoms with E-state index in [1.807, 2.05) is 0 Å². The Balaban J connectivity index is 2.17. The lowest BCUT2D eigenvalue weighted by molar-refractivity contribution is 0.0910. The molecular formula is C14H12BrNO3. The summed E-state index contributed by atoms with van der Waals surface area (Å²) in [6.07, 6.45) is 1.24. The van der Waals surface area contributed by atoms with Crippen LogP contribution in [0.1, 0.15) is 28.5 Å². The maximum absolute atomic E-state index is 10.2. The first-order chi connectivity index (χ1) is 9.08. The number of ether oxygens (including phenoxy) is 1. The Labute approximate surface area is 118 Å². The number of aromatic hydroxyl groups is 2. The lowest BCUT2D eigenvalue weighted by Gasteiger charge is -2.15. The van der Waals surface area contributed by atoms with Crippen molar-refractivity contribution in [2.24, 2.45) is 0 Å². The monoisotopic (exact) mass is 321 g/mol. The van der Waals surface area contributed by atoms with Crippen molar-refractivity contribution in [1.29, 1.82) is 0 Å². The van der Waals surface area contributed by atoms with Crippen molar-refractivity contribution >= 4 is 15.9 Å². The van der Waals surface area contributed by atoms with Gasteiger partial charge in [-0.25, -0.2) is 0 Å². The van der Waals surface area contributed by atoms with Crippen LogP contribution >= 0.6 is 15.9 Å². The van der Waals surface area contributed by atoms with Gasteiger partial charge in [0.15, 0.2) is 0 Å². The summed E-state index contributed by atoms with van der Waals surface area (Å²) in [7, 11) is 0. The normalized spacial score (nSPS) is 17.5. The number of halogens is 1. The smallest absolute Gasteiger partial charge is 0.143 e. The second-order valence-electron chi connectivity index (χ2n) is 4.53. The number of aryl methyl sites for hydroxylation is 1. The molecule has 1 aliphatic heterocycles. The SMILES string of the molecule is Cc1ncc2c(c1O)C(c1cc(Br)ccc1O)OC2. The standard InChI is InChI=1S/C14H12BrNO3/c1-7-13(18)12-8(5-16-7)6-19-14(12)10-4-9(15)2-3-11(10)17/h2-5,14,17-18H,6H2,1H3. The zero-order valence-electron chi connectivity index (χ0n) is 10.2. The number of fused-ring (bicyclic) bond motifs is 1. The highest BCUT2D eigenvalue weighted by molar-refractivity contribution is 9.10. The minimum Gasteiger partial charge on any atom is -0.508 e. The van der Waals surface area contributed by atoms with Crippen LogP contribution in [-0.4, -0.2) is 15.2 Å². The fourth-order valence-electron chi connectivity index (χ4n) is 2.30. The molecule has 4 nitrogen and oxygen atoms in total. The Kier molecular flexibility index (Phi) is 2.95. The van der Waals surface area contributed by atoms with Gasteiger partial charge in [-0.15, -0.1) is 0 Å². The van der Waals surface area contributed by atoms with E-state index >= 15 is 0 Å². The average molecular weight is 322 g/mol. The summed E-state index contributed by atoms with van der Waals surface area (Å²) < 4.78 is 6.55. The molecule has 1 aromatic heterocycles. The molecule has 98 valence electrons. The second-order valence-corrected chi connectivity index (χ2v) is 5.44. The number of benzene rings is 1. The predicted molar refractivity (Wildman–Crippen MR) is 73.1 cm³/mol.